The standard InChI is InChI=1S/C22H32N4O/c1-18(2)22-24-12-16-26(22)13-6-11-23-21(27)17-25-14-9-20(10-15-25)19-7-4-3-5-8-19/h3-5,7-8,12,16,18,20H,6,9-11,13-15,17H2,1-2H3,(H,23,27). The number of hydrogen-bond donors (Lipinski definition) is 1. The lowest BCUT2D eigenvalue weighted by molar-refractivity contribution is -0.122. The monoisotopic (exact) mass is 368 g/mol. The molecule has 1 N–H and O–H groups in total. The van der Waals surface area contributed by atoms with Crippen LogP contribution in [-0.2, 0) is 11.3 Å². The lowest BCUT2D eigenvalue weighted by atomic mass is 9.89. The predicted octanol–water partition coefficient (Wildman–Crippen LogP) is 3.39. The number of nitrogens with zero attached hydrogens (tertiary/aromatic N) is 3. The second-order valence-corrected chi connectivity index (χ2v) is 7.80. The summed E-state index contributed by atoms with van der Waals surface area (Å²) in [5, 5.41) is 3.07. The molecule has 1 saturated heterocycles. The summed E-state index contributed by atoms with van der Waals surface area (Å²) in [6, 6.07) is 10.7. The predicted molar refractivity (Wildman–Crippen MR) is 109 cm³/mol. The van der Waals surface area contributed by atoms with Crippen LogP contribution in [0.3, 0.4) is 0 Å². The smallest absolute Gasteiger partial charge is 0.234 e. The Bertz CT molecular complexity index is 702. The van der Waals surface area contributed by atoms with E-state index in [4.69, 9.17) is 0 Å². The number of carbonyl (C=O) groups is 1. The number of amides is 1. The Morgan fingerprint density at radius 2 is 1.96 bits per heavy atom. The summed E-state index contributed by atoms with van der Waals surface area (Å²) in [4.78, 5) is 18.9. The number of nitrogens with one attached hydrogen (secondary N) is 1. The highest BCUT2D eigenvalue weighted by Crippen LogP contribution is 2.27. The molecule has 2 heterocycles. The summed E-state index contributed by atoms with van der Waals surface area (Å²) in [5.74, 6) is 2.31. The minimum absolute atomic E-state index is 0.142. The Morgan fingerprint density at radius 1 is 1.22 bits per heavy atom. The summed E-state index contributed by atoms with van der Waals surface area (Å²) < 4.78 is 2.19. The SMILES string of the molecule is CC(C)c1nccn1CCCNC(=O)CN1CCC(c2ccccc2)CC1. The number of benzene rings is 1. The first-order chi connectivity index (χ1) is 13.1. The average molecular weight is 369 g/mol. The van der Waals surface area contributed by atoms with Gasteiger partial charge in [0.1, 0.15) is 5.82 Å². The summed E-state index contributed by atoms with van der Waals surface area (Å²) >= 11 is 0. The molecule has 1 aliphatic heterocycles. The molecule has 1 fully saturated rings. The second kappa shape index (κ2) is 9.70. The molecule has 0 saturated carbocycles. The van der Waals surface area contributed by atoms with Crippen LogP contribution in [0.1, 0.15) is 56.3 Å². The van der Waals surface area contributed by atoms with Gasteiger partial charge in [-0.25, -0.2) is 4.98 Å². The van der Waals surface area contributed by atoms with E-state index in [-0.39, 0.29) is 5.91 Å². The van der Waals surface area contributed by atoms with Gasteiger partial charge in [-0.15, -0.1) is 0 Å². The highest BCUT2D eigenvalue weighted by atomic mass is 16.2. The van der Waals surface area contributed by atoms with Crippen molar-refractivity contribution < 1.29 is 4.79 Å². The van der Waals surface area contributed by atoms with E-state index in [0.717, 1.165) is 51.3 Å². The van der Waals surface area contributed by atoms with Gasteiger partial charge in [0.15, 0.2) is 0 Å². The van der Waals surface area contributed by atoms with Gasteiger partial charge in [0.2, 0.25) is 5.91 Å². The maximum atomic E-state index is 12.2. The number of likely N-dealkylation sites (tertiary alicyclic amines) is 1. The van der Waals surface area contributed by atoms with E-state index in [1.54, 1.807) is 0 Å². The molecule has 2 aromatic rings. The first-order valence-electron chi connectivity index (χ1n) is 10.2. The summed E-state index contributed by atoms with van der Waals surface area (Å²) in [5.41, 5.74) is 1.43. The fourth-order valence-corrected chi connectivity index (χ4v) is 3.90. The molecule has 0 spiro atoms. The topological polar surface area (TPSA) is 50.2 Å². The molecule has 5 nitrogen and oxygen atoms in total. The first kappa shape index (κ1) is 19.6. The molecule has 1 amide bonds. The number of rotatable bonds is 8. The van der Waals surface area contributed by atoms with E-state index in [1.165, 1.54) is 5.56 Å². The van der Waals surface area contributed by atoms with Gasteiger partial charge in [0, 0.05) is 31.4 Å². The number of hydrogen-bond acceptors (Lipinski definition) is 3. The van der Waals surface area contributed by atoms with Gasteiger partial charge in [-0.1, -0.05) is 44.2 Å². The molecule has 0 atom stereocenters. The van der Waals surface area contributed by atoms with Crippen molar-refractivity contribution in [2.75, 3.05) is 26.2 Å². The maximum absolute atomic E-state index is 12.2. The van der Waals surface area contributed by atoms with Gasteiger partial charge >= 0.3 is 0 Å². The number of aromatic nitrogens is 2. The minimum atomic E-state index is 0.142. The van der Waals surface area contributed by atoms with Crippen molar-refractivity contribution in [3.8, 4) is 0 Å². The van der Waals surface area contributed by atoms with E-state index >= 15 is 0 Å². The van der Waals surface area contributed by atoms with Crippen LogP contribution in [0, 0.1) is 0 Å². The van der Waals surface area contributed by atoms with Crippen LogP contribution in [0.4, 0.5) is 0 Å². The number of aryl methyl sites for hydroxylation is 1. The van der Waals surface area contributed by atoms with Crippen LogP contribution in [0.25, 0.3) is 0 Å². The van der Waals surface area contributed by atoms with Gasteiger partial charge < -0.3 is 9.88 Å². The Morgan fingerprint density at radius 3 is 2.67 bits per heavy atom. The molecule has 1 aromatic heterocycles. The Hall–Kier alpha value is -2.14. The second-order valence-electron chi connectivity index (χ2n) is 7.80. The zero-order valence-corrected chi connectivity index (χ0v) is 16.6. The van der Waals surface area contributed by atoms with Crippen molar-refractivity contribution in [3.05, 3.63) is 54.1 Å². The quantitative estimate of drug-likeness (QED) is 0.727. The largest absolute Gasteiger partial charge is 0.355 e. The van der Waals surface area contributed by atoms with Gasteiger partial charge in [-0.05, 0) is 43.8 Å². The van der Waals surface area contributed by atoms with Crippen LogP contribution in [0.15, 0.2) is 42.7 Å². The van der Waals surface area contributed by atoms with E-state index in [0.29, 0.717) is 18.4 Å². The molecule has 1 aromatic carbocycles. The highest BCUT2D eigenvalue weighted by Gasteiger charge is 2.21. The molecule has 5 heteroatoms. The van der Waals surface area contributed by atoms with E-state index in [9.17, 15) is 4.79 Å². The fourth-order valence-electron chi connectivity index (χ4n) is 3.90. The Labute approximate surface area is 162 Å². The van der Waals surface area contributed by atoms with Gasteiger partial charge in [0.05, 0.1) is 6.54 Å². The summed E-state index contributed by atoms with van der Waals surface area (Å²) in [6.07, 6.45) is 7.07. The molecule has 0 bridgehead atoms. The Kier molecular flexibility index (Phi) is 7.04. The lowest BCUT2D eigenvalue weighted by Gasteiger charge is -2.31. The normalized spacial score (nSPS) is 16.0. The van der Waals surface area contributed by atoms with Gasteiger partial charge in [0.25, 0.3) is 0 Å². The summed E-state index contributed by atoms with van der Waals surface area (Å²) in [7, 11) is 0. The number of piperidine rings is 1. The van der Waals surface area contributed by atoms with Crippen LogP contribution >= 0.6 is 0 Å². The van der Waals surface area contributed by atoms with E-state index in [2.05, 4.69) is 63.9 Å². The zero-order valence-electron chi connectivity index (χ0n) is 16.6. The molecule has 0 aliphatic carbocycles. The lowest BCUT2D eigenvalue weighted by Crippen LogP contribution is -2.41. The van der Waals surface area contributed by atoms with Crippen molar-refractivity contribution in [1.82, 2.24) is 19.8 Å². The van der Waals surface area contributed by atoms with Crippen molar-refractivity contribution in [2.24, 2.45) is 0 Å². The third kappa shape index (κ3) is 5.67. The van der Waals surface area contributed by atoms with Crippen molar-refractivity contribution in [1.29, 1.82) is 0 Å². The Balaban J connectivity index is 1.33. The molecule has 3 rings (SSSR count). The third-order valence-corrected chi connectivity index (χ3v) is 5.39. The molecule has 0 unspecified atom stereocenters. The van der Waals surface area contributed by atoms with Crippen LogP contribution < -0.4 is 5.32 Å². The molecule has 1 aliphatic rings. The number of imidazole rings is 1. The molecule has 146 valence electrons. The third-order valence-electron chi connectivity index (χ3n) is 5.39. The van der Waals surface area contributed by atoms with Crippen LogP contribution in [-0.4, -0.2) is 46.5 Å². The van der Waals surface area contributed by atoms with Crippen molar-refractivity contribution in [2.45, 2.75) is 51.5 Å². The number of carbonyl (C=O) groups excluding carboxylic acids is 1. The average Bonchev–Trinajstić information content (AvgIpc) is 3.15. The van der Waals surface area contributed by atoms with Crippen LogP contribution in [0.5, 0.6) is 0 Å². The van der Waals surface area contributed by atoms with Crippen LogP contribution in [0.2, 0.25) is 0 Å². The van der Waals surface area contributed by atoms with E-state index in [1.807, 2.05) is 12.4 Å². The molecule has 0 radical (unpaired) electrons. The molecular weight excluding hydrogens is 336 g/mol. The minimum Gasteiger partial charge on any atom is -0.355 e. The van der Waals surface area contributed by atoms with E-state index < -0.39 is 0 Å². The highest BCUT2D eigenvalue weighted by molar-refractivity contribution is 5.77. The first-order valence-corrected chi connectivity index (χ1v) is 10.2. The fraction of sp³-hybridized carbons (Fsp3) is 0.545. The van der Waals surface area contributed by atoms with Crippen molar-refractivity contribution >= 4 is 5.91 Å². The summed E-state index contributed by atoms with van der Waals surface area (Å²) in [6.45, 7) is 8.44. The zero-order chi connectivity index (χ0) is 19.1. The molecule has 27 heavy (non-hydrogen) atoms. The van der Waals surface area contributed by atoms with Crippen molar-refractivity contribution in [3.63, 3.8) is 0 Å². The van der Waals surface area contributed by atoms with Gasteiger partial charge in [-0.2, -0.15) is 0 Å². The maximum Gasteiger partial charge on any atom is 0.234 e. The van der Waals surface area contributed by atoms with Gasteiger partial charge in [-0.3, -0.25) is 9.69 Å². The molecular formula is C22H32N4O.